The third kappa shape index (κ3) is 6.92. The summed E-state index contributed by atoms with van der Waals surface area (Å²) < 4.78 is 9.48. The third-order valence-electron chi connectivity index (χ3n) is 17.6. The molecule has 13 aromatic carbocycles. The second-order valence-electron chi connectivity index (χ2n) is 22.1. The lowest BCUT2D eigenvalue weighted by atomic mass is 10.0. The van der Waals surface area contributed by atoms with Crippen LogP contribution >= 0.6 is 0 Å². The predicted octanol–water partition coefficient (Wildman–Crippen LogP) is 20.2. The molecule has 5 heterocycles. The first kappa shape index (κ1) is 46.4. The van der Waals surface area contributed by atoms with Gasteiger partial charge in [-0.05, 0) is 119 Å². The smallest absolute Gasteiger partial charge is 0.235 e. The maximum atomic E-state index is 5.67. The highest BCUT2D eigenvalue weighted by Gasteiger charge is 2.22. The summed E-state index contributed by atoms with van der Waals surface area (Å²) in [6.45, 7) is 0. The lowest BCUT2D eigenvalue weighted by molar-refractivity contribution is 1.02. The maximum Gasteiger partial charge on any atom is 0.235 e. The Morgan fingerprint density at radius 1 is 0.202 bits per heavy atom. The molecule has 18 aromatic rings. The Morgan fingerprint density at radius 3 is 0.964 bits per heavy atom. The standard InChI is InChI=1S/C78H48N6/c1-3-18-55(19-4-1)81-68-27-13-9-23-59(68)63-40-34-51(45-72(63)81)52-35-42-65-61-25-11-15-29-70(61)83(74(65)47-52)57-38-31-50(32-39-57)76-67-44-33-49-17-7-8-22-58(49)77(67)80-78(79-76)84-71-30-16-12-26-62(71)66-43-37-54(48-75(66)84)53-36-41-64-60-24-10-14-28-69(60)82(73(64)46-53)56-20-5-2-6-21-56/h1-48H. The van der Waals surface area contributed by atoms with Crippen LogP contribution in [0.3, 0.4) is 0 Å². The van der Waals surface area contributed by atoms with Gasteiger partial charge in [0.15, 0.2) is 0 Å². The van der Waals surface area contributed by atoms with Gasteiger partial charge in [0, 0.05) is 76.5 Å². The van der Waals surface area contributed by atoms with Gasteiger partial charge >= 0.3 is 0 Å². The zero-order valence-electron chi connectivity index (χ0n) is 45.4. The van der Waals surface area contributed by atoms with Crippen LogP contribution in [0.2, 0.25) is 0 Å². The first-order valence-electron chi connectivity index (χ1n) is 28.7. The Kier molecular flexibility index (Phi) is 9.99. The highest BCUT2D eigenvalue weighted by Crippen LogP contribution is 2.42. The van der Waals surface area contributed by atoms with Gasteiger partial charge in [0.2, 0.25) is 5.95 Å². The van der Waals surface area contributed by atoms with Gasteiger partial charge in [-0.2, -0.15) is 0 Å². The van der Waals surface area contributed by atoms with Gasteiger partial charge in [-0.25, -0.2) is 9.97 Å². The molecule has 0 saturated carbocycles. The summed E-state index contributed by atoms with van der Waals surface area (Å²) in [6.07, 6.45) is 0. The van der Waals surface area contributed by atoms with Gasteiger partial charge < -0.3 is 13.7 Å². The molecule has 0 aliphatic rings. The fourth-order valence-corrected chi connectivity index (χ4v) is 13.7. The molecule has 390 valence electrons. The Balaban J connectivity index is 0.795. The van der Waals surface area contributed by atoms with Crippen LogP contribution in [0.15, 0.2) is 291 Å². The second kappa shape index (κ2) is 18.1. The molecular weight excluding hydrogens is 1020 g/mol. The van der Waals surface area contributed by atoms with Crippen molar-refractivity contribution in [3.05, 3.63) is 291 Å². The van der Waals surface area contributed by atoms with E-state index in [4.69, 9.17) is 9.97 Å². The lowest BCUT2D eigenvalue weighted by Gasteiger charge is -2.14. The molecule has 0 aliphatic carbocycles. The molecule has 6 heteroatoms. The van der Waals surface area contributed by atoms with Gasteiger partial charge in [-0.15, -0.1) is 0 Å². The number of fused-ring (bicyclic) bond motifs is 15. The summed E-state index contributed by atoms with van der Waals surface area (Å²) in [5.74, 6) is 0.623. The molecule has 0 unspecified atom stereocenters. The number of rotatable bonds is 7. The molecule has 6 nitrogen and oxygen atoms in total. The molecule has 0 N–H and O–H groups in total. The molecule has 18 rings (SSSR count). The zero-order valence-corrected chi connectivity index (χ0v) is 45.4. The van der Waals surface area contributed by atoms with E-state index < -0.39 is 0 Å². The predicted molar refractivity (Wildman–Crippen MR) is 351 cm³/mol. The molecule has 0 bridgehead atoms. The fourth-order valence-electron chi connectivity index (χ4n) is 13.7. The molecule has 0 amide bonds. The summed E-state index contributed by atoms with van der Waals surface area (Å²) in [5, 5.41) is 12.9. The van der Waals surface area contributed by atoms with E-state index >= 15 is 0 Å². The van der Waals surface area contributed by atoms with Gasteiger partial charge in [-0.3, -0.25) is 4.57 Å². The first-order chi connectivity index (χ1) is 41.7. The van der Waals surface area contributed by atoms with Crippen molar-refractivity contribution < 1.29 is 0 Å². The van der Waals surface area contributed by atoms with Crippen LogP contribution in [-0.2, 0) is 0 Å². The topological polar surface area (TPSA) is 45.5 Å². The van der Waals surface area contributed by atoms with Crippen molar-refractivity contribution in [2.24, 2.45) is 0 Å². The number of benzene rings is 13. The van der Waals surface area contributed by atoms with Gasteiger partial charge in [0.25, 0.3) is 0 Å². The minimum atomic E-state index is 0.623. The minimum absolute atomic E-state index is 0.623. The van der Waals surface area contributed by atoms with Crippen molar-refractivity contribution in [2.45, 2.75) is 0 Å². The highest BCUT2D eigenvalue weighted by atomic mass is 15.2. The van der Waals surface area contributed by atoms with E-state index in [2.05, 4.69) is 309 Å². The van der Waals surface area contributed by atoms with Crippen LogP contribution in [0.4, 0.5) is 0 Å². The average molecular weight is 1070 g/mol. The quantitative estimate of drug-likeness (QED) is 0.149. The summed E-state index contributed by atoms with van der Waals surface area (Å²) in [5.41, 5.74) is 19.9. The average Bonchev–Trinajstić information content (AvgIpc) is 2.20. The molecule has 84 heavy (non-hydrogen) atoms. The molecule has 0 aliphatic heterocycles. The molecule has 0 saturated heterocycles. The van der Waals surface area contributed by atoms with Crippen LogP contribution < -0.4 is 0 Å². The Hall–Kier alpha value is -11.3. The Morgan fingerprint density at radius 2 is 0.524 bits per heavy atom. The van der Waals surface area contributed by atoms with E-state index in [1.165, 1.54) is 59.9 Å². The lowest BCUT2D eigenvalue weighted by Crippen LogP contribution is -2.04. The monoisotopic (exact) mass is 1070 g/mol. The van der Waals surface area contributed by atoms with Crippen molar-refractivity contribution in [2.75, 3.05) is 0 Å². The van der Waals surface area contributed by atoms with Crippen molar-refractivity contribution in [1.29, 1.82) is 0 Å². The van der Waals surface area contributed by atoms with Crippen LogP contribution in [-0.4, -0.2) is 28.2 Å². The van der Waals surface area contributed by atoms with Crippen molar-refractivity contribution in [3.63, 3.8) is 0 Å². The van der Waals surface area contributed by atoms with E-state index in [-0.39, 0.29) is 0 Å². The molecule has 0 fully saturated rings. The summed E-state index contributed by atoms with van der Waals surface area (Å²) in [4.78, 5) is 11.3. The fraction of sp³-hybridized carbons (Fsp3) is 0. The van der Waals surface area contributed by atoms with E-state index in [1.807, 2.05) is 0 Å². The van der Waals surface area contributed by atoms with Gasteiger partial charge in [0.05, 0.1) is 55.3 Å². The normalized spacial score (nSPS) is 12.0. The van der Waals surface area contributed by atoms with Crippen LogP contribution in [0.1, 0.15) is 0 Å². The summed E-state index contributed by atoms with van der Waals surface area (Å²) >= 11 is 0. The van der Waals surface area contributed by atoms with Crippen LogP contribution in [0, 0.1) is 0 Å². The van der Waals surface area contributed by atoms with Crippen LogP contribution in [0.5, 0.6) is 0 Å². The van der Waals surface area contributed by atoms with E-state index in [0.29, 0.717) is 5.95 Å². The van der Waals surface area contributed by atoms with E-state index in [9.17, 15) is 0 Å². The second-order valence-corrected chi connectivity index (χ2v) is 22.1. The first-order valence-corrected chi connectivity index (χ1v) is 28.7. The van der Waals surface area contributed by atoms with Crippen LogP contribution in [0.25, 0.3) is 165 Å². The molecule has 0 spiro atoms. The molecule has 0 atom stereocenters. The number of hydrogen-bond acceptors (Lipinski definition) is 2. The number of hydrogen-bond donors (Lipinski definition) is 0. The largest absolute Gasteiger partial charge is 0.309 e. The minimum Gasteiger partial charge on any atom is -0.309 e. The number of aromatic nitrogens is 6. The van der Waals surface area contributed by atoms with Gasteiger partial charge in [-0.1, -0.05) is 200 Å². The van der Waals surface area contributed by atoms with E-state index in [0.717, 1.165) is 99.5 Å². The van der Waals surface area contributed by atoms with Crippen molar-refractivity contribution in [1.82, 2.24) is 28.2 Å². The summed E-state index contributed by atoms with van der Waals surface area (Å²) in [6, 6.07) is 106. The number of nitrogens with zero attached hydrogens (tertiary/aromatic N) is 6. The SMILES string of the molecule is c1ccc(-n2c3ccccc3c3ccc(-c4ccc5c6ccccc6n(-c6ccc(-c7nc(-n8c9ccccc9c9ccc(-c%10ccc%11c%12ccccc%12n(-c%12ccccc%12)c%11c%10)cc98)nc8c7ccc7ccccc78)cc6)c5c4)cc32)cc1. The van der Waals surface area contributed by atoms with Crippen molar-refractivity contribution >= 4 is 109 Å². The maximum absolute atomic E-state index is 5.67. The summed E-state index contributed by atoms with van der Waals surface area (Å²) in [7, 11) is 0. The number of para-hydroxylation sites is 6. The van der Waals surface area contributed by atoms with Crippen molar-refractivity contribution in [3.8, 4) is 56.5 Å². The molecule has 0 radical (unpaired) electrons. The zero-order chi connectivity index (χ0) is 55.0. The Bertz CT molecular complexity index is 5720. The van der Waals surface area contributed by atoms with E-state index in [1.54, 1.807) is 0 Å². The molecular formula is C78H48N6. The Labute approximate surface area is 482 Å². The third-order valence-corrected chi connectivity index (χ3v) is 17.6. The van der Waals surface area contributed by atoms with Gasteiger partial charge in [0.1, 0.15) is 0 Å². The highest BCUT2D eigenvalue weighted by molar-refractivity contribution is 6.15. The molecule has 5 aromatic heterocycles.